The van der Waals surface area contributed by atoms with Crippen molar-refractivity contribution in [2.24, 2.45) is 5.73 Å². The van der Waals surface area contributed by atoms with Gasteiger partial charge in [-0.05, 0) is 12.8 Å². The fraction of sp³-hybridized carbons (Fsp3) is 0.500. The third-order valence-corrected chi connectivity index (χ3v) is 0.879. The van der Waals surface area contributed by atoms with E-state index < -0.39 is 0 Å². The zero-order chi connectivity index (χ0) is 6.41. The van der Waals surface area contributed by atoms with Gasteiger partial charge in [-0.1, -0.05) is 6.08 Å². The summed E-state index contributed by atoms with van der Waals surface area (Å²) in [7, 11) is 0. The van der Waals surface area contributed by atoms with E-state index in [0.29, 0.717) is 6.42 Å². The molecule has 0 aromatic carbocycles. The van der Waals surface area contributed by atoms with E-state index >= 15 is 0 Å². The van der Waals surface area contributed by atoms with Crippen molar-refractivity contribution in [3.05, 3.63) is 12.7 Å². The van der Waals surface area contributed by atoms with Crippen molar-refractivity contribution >= 4 is 6.29 Å². The highest BCUT2D eigenvalue weighted by atomic mass is 16.1. The van der Waals surface area contributed by atoms with Gasteiger partial charge in [0.05, 0.1) is 6.04 Å². The highest BCUT2D eigenvalue weighted by Crippen LogP contribution is 1.90. The fourth-order valence-corrected chi connectivity index (χ4v) is 0.378. The van der Waals surface area contributed by atoms with Crippen LogP contribution in [0.4, 0.5) is 0 Å². The van der Waals surface area contributed by atoms with Gasteiger partial charge in [-0.2, -0.15) is 0 Å². The lowest BCUT2D eigenvalue weighted by Gasteiger charge is -1.96. The Morgan fingerprint density at radius 2 is 2.38 bits per heavy atom. The molecule has 0 bridgehead atoms. The van der Waals surface area contributed by atoms with Gasteiger partial charge in [0.2, 0.25) is 0 Å². The summed E-state index contributed by atoms with van der Waals surface area (Å²) in [5, 5.41) is 0. The average molecular weight is 113 g/mol. The van der Waals surface area contributed by atoms with Crippen LogP contribution in [0.15, 0.2) is 12.7 Å². The van der Waals surface area contributed by atoms with Crippen LogP contribution in [0.2, 0.25) is 0 Å². The average Bonchev–Trinajstić information content (AvgIpc) is 1.83. The van der Waals surface area contributed by atoms with Gasteiger partial charge in [-0.15, -0.1) is 6.58 Å². The summed E-state index contributed by atoms with van der Waals surface area (Å²) in [5.41, 5.74) is 5.24. The molecular weight excluding hydrogens is 102 g/mol. The maximum Gasteiger partial charge on any atom is 0.136 e. The molecule has 0 aliphatic carbocycles. The van der Waals surface area contributed by atoms with E-state index in [0.717, 1.165) is 12.7 Å². The molecule has 0 spiro atoms. The molecule has 2 N–H and O–H groups in total. The molecule has 46 valence electrons. The number of aldehydes is 1. The van der Waals surface area contributed by atoms with E-state index in [2.05, 4.69) is 6.58 Å². The largest absolute Gasteiger partial charge is 0.322 e. The first-order chi connectivity index (χ1) is 3.81. The first-order valence-corrected chi connectivity index (χ1v) is 2.63. The van der Waals surface area contributed by atoms with Gasteiger partial charge in [0.25, 0.3) is 0 Å². The van der Waals surface area contributed by atoms with Crippen molar-refractivity contribution in [3.8, 4) is 0 Å². The second kappa shape index (κ2) is 4.53. The number of carbonyl (C=O) groups excluding carboxylic acids is 1. The summed E-state index contributed by atoms with van der Waals surface area (Å²) < 4.78 is 0. The van der Waals surface area contributed by atoms with Gasteiger partial charge in [0, 0.05) is 0 Å². The molecule has 0 fully saturated rings. The lowest BCUT2D eigenvalue weighted by atomic mass is 10.2. The Labute approximate surface area is 49.4 Å². The Hall–Kier alpha value is -0.630. The topological polar surface area (TPSA) is 43.1 Å². The van der Waals surface area contributed by atoms with Crippen LogP contribution in [0.25, 0.3) is 0 Å². The lowest BCUT2D eigenvalue weighted by Crippen LogP contribution is -2.20. The van der Waals surface area contributed by atoms with Crippen LogP contribution >= 0.6 is 0 Å². The molecule has 8 heavy (non-hydrogen) atoms. The molecule has 0 radical (unpaired) electrons. The molecule has 0 rings (SSSR count). The maximum absolute atomic E-state index is 9.85. The molecule has 0 unspecified atom stereocenters. The van der Waals surface area contributed by atoms with E-state index in [1.165, 1.54) is 0 Å². The van der Waals surface area contributed by atoms with Gasteiger partial charge < -0.3 is 10.5 Å². The summed E-state index contributed by atoms with van der Waals surface area (Å²) in [6.07, 6.45) is 4.04. The Balaban J connectivity index is 3.09. The van der Waals surface area contributed by atoms with E-state index in [1.807, 2.05) is 0 Å². The predicted octanol–water partition coefficient (Wildman–Crippen LogP) is 0.479. The molecular formula is C6H11NO. The van der Waals surface area contributed by atoms with Gasteiger partial charge in [0.1, 0.15) is 6.29 Å². The number of rotatable bonds is 4. The third kappa shape index (κ3) is 3.56. The molecule has 0 aromatic heterocycles. The van der Waals surface area contributed by atoms with Gasteiger partial charge >= 0.3 is 0 Å². The predicted molar refractivity (Wildman–Crippen MR) is 33.5 cm³/mol. The summed E-state index contributed by atoms with van der Waals surface area (Å²) >= 11 is 0. The number of hydrogen-bond donors (Lipinski definition) is 1. The Morgan fingerprint density at radius 1 is 1.75 bits per heavy atom. The molecule has 2 nitrogen and oxygen atoms in total. The summed E-state index contributed by atoms with van der Waals surface area (Å²) in [6, 6.07) is -0.298. The number of hydrogen-bond acceptors (Lipinski definition) is 2. The SMILES string of the molecule is C=CCC[C@H](N)C=O. The number of nitrogens with two attached hydrogens (primary N) is 1. The second-order valence-electron chi connectivity index (χ2n) is 1.67. The summed E-state index contributed by atoms with van der Waals surface area (Å²) in [6.45, 7) is 3.50. The number of carbonyl (C=O) groups is 1. The van der Waals surface area contributed by atoms with Crippen molar-refractivity contribution in [2.75, 3.05) is 0 Å². The molecule has 0 aromatic rings. The Kier molecular flexibility index (Phi) is 4.17. The molecule has 0 saturated heterocycles. The molecule has 1 atom stereocenters. The second-order valence-corrected chi connectivity index (χ2v) is 1.67. The minimum Gasteiger partial charge on any atom is -0.322 e. The van der Waals surface area contributed by atoms with Crippen LogP contribution in [0.3, 0.4) is 0 Å². The van der Waals surface area contributed by atoms with Crippen LogP contribution in [0.1, 0.15) is 12.8 Å². The zero-order valence-electron chi connectivity index (χ0n) is 4.84. The van der Waals surface area contributed by atoms with Gasteiger partial charge in [-0.3, -0.25) is 0 Å². The highest BCUT2D eigenvalue weighted by molar-refractivity contribution is 5.56. The van der Waals surface area contributed by atoms with Crippen LogP contribution in [-0.4, -0.2) is 12.3 Å². The first-order valence-electron chi connectivity index (χ1n) is 2.63. The van der Waals surface area contributed by atoms with Crippen molar-refractivity contribution in [1.29, 1.82) is 0 Å². The van der Waals surface area contributed by atoms with Gasteiger partial charge in [0.15, 0.2) is 0 Å². The van der Waals surface area contributed by atoms with E-state index in [-0.39, 0.29) is 6.04 Å². The fourth-order valence-electron chi connectivity index (χ4n) is 0.378. The maximum atomic E-state index is 9.85. The Bertz CT molecular complexity index is 80.6. The quantitative estimate of drug-likeness (QED) is 0.425. The third-order valence-electron chi connectivity index (χ3n) is 0.879. The van der Waals surface area contributed by atoms with E-state index in [9.17, 15) is 4.79 Å². The standard InChI is InChI=1S/C6H11NO/c1-2-3-4-6(7)5-8/h2,5-6H,1,3-4,7H2/t6-/m0/s1. The van der Waals surface area contributed by atoms with Crippen molar-refractivity contribution in [3.63, 3.8) is 0 Å². The molecule has 0 aliphatic heterocycles. The molecule has 0 amide bonds. The zero-order valence-corrected chi connectivity index (χ0v) is 4.84. The van der Waals surface area contributed by atoms with Crippen LogP contribution in [0.5, 0.6) is 0 Å². The number of allylic oxidation sites excluding steroid dienone is 1. The normalized spacial score (nSPS) is 12.6. The molecule has 2 heteroatoms. The monoisotopic (exact) mass is 113 g/mol. The highest BCUT2D eigenvalue weighted by Gasteiger charge is 1.94. The van der Waals surface area contributed by atoms with Crippen molar-refractivity contribution in [1.82, 2.24) is 0 Å². The molecule has 0 aliphatic rings. The first kappa shape index (κ1) is 7.37. The minimum atomic E-state index is -0.298. The molecule has 0 heterocycles. The van der Waals surface area contributed by atoms with Crippen molar-refractivity contribution in [2.45, 2.75) is 18.9 Å². The smallest absolute Gasteiger partial charge is 0.136 e. The minimum absolute atomic E-state index is 0.298. The van der Waals surface area contributed by atoms with E-state index in [4.69, 9.17) is 5.73 Å². The van der Waals surface area contributed by atoms with Gasteiger partial charge in [-0.25, -0.2) is 0 Å². The van der Waals surface area contributed by atoms with E-state index in [1.54, 1.807) is 6.08 Å². The van der Waals surface area contributed by atoms with Crippen LogP contribution < -0.4 is 5.73 Å². The van der Waals surface area contributed by atoms with Crippen LogP contribution in [0, 0.1) is 0 Å². The molecule has 0 saturated carbocycles. The summed E-state index contributed by atoms with van der Waals surface area (Å²) in [5.74, 6) is 0. The Morgan fingerprint density at radius 3 is 2.75 bits per heavy atom. The summed E-state index contributed by atoms with van der Waals surface area (Å²) in [4.78, 5) is 9.85. The van der Waals surface area contributed by atoms with Crippen molar-refractivity contribution < 1.29 is 4.79 Å². The van der Waals surface area contributed by atoms with Crippen LogP contribution in [-0.2, 0) is 4.79 Å². The lowest BCUT2D eigenvalue weighted by molar-refractivity contribution is -0.109.